The highest BCUT2D eigenvalue weighted by molar-refractivity contribution is 9.08. The smallest absolute Gasteiger partial charge is 0.338 e. The molecule has 0 spiro atoms. The van der Waals surface area contributed by atoms with Crippen LogP contribution in [0.25, 0.3) is 11.1 Å². The maximum atomic E-state index is 11.9. The summed E-state index contributed by atoms with van der Waals surface area (Å²) in [6, 6.07) is 15.6. The zero-order chi connectivity index (χ0) is 13.0. The molecule has 2 aromatic rings. The number of esters is 1. The summed E-state index contributed by atoms with van der Waals surface area (Å²) in [6.45, 7) is 0. The van der Waals surface area contributed by atoms with Gasteiger partial charge in [-0.25, -0.2) is 4.79 Å². The standard InChI is InChI=1S/C15H13BrO2/c1-18-15(17)14-12(10-16)8-5-9-13(14)11-6-3-2-4-7-11/h2-9H,10H2,1H3. The Morgan fingerprint density at radius 3 is 2.44 bits per heavy atom. The molecule has 2 nitrogen and oxygen atoms in total. The van der Waals surface area contributed by atoms with Crippen LogP contribution in [0.15, 0.2) is 48.5 Å². The molecule has 0 aliphatic heterocycles. The quantitative estimate of drug-likeness (QED) is 0.632. The Balaban J connectivity index is 2.64. The maximum Gasteiger partial charge on any atom is 0.338 e. The van der Waals surface area contributed by atoms with Crippen LogP contribution in [0.4, 0.5) is 0 Å². The molecule has 0 heterocycles. The number of hydrogen-bond donors (Lipinski definition) is 0. The molecule has 0 fully saturated rings. The molecule has 0 aliphatic rings. The van der Waals surface area contributed by atoms with E-state index in [2.05, 4.69) is 15.9 Å². The summed E-state index contributed by atoms with van der Waals surface area (Å²) in [5.41, 5.74) is 3.48. The highest BCUT2D eigenvalue weighted by Gasteiger charge is 2.16. The number of rotatable bonds is 3. The van der Waals surface area contributed by atoms with Crippen LogP contribution in [0, 0.1) is 0 Å². The molecule has 0 aliphatic carbocycles. The number of carbonyl (C=O) groups is 1. The lowest BCUT2D eigenvalue weighted by molar-refractivity contribution is 0.0601. The van der Waals surface area contributed by atoms with Crippen molar-refractivity contribution < 1.29 is 9.53 Å². The SMILES string of the molecule is COC(=O)c1c(CBr)cccc1-c1ccccc1. The monoisotopic (exact) mass is 304 g/mol. The number of hydrogen-bond acceptors (Lipinski definition) is 2. The van der Waals surface area contributed by atoms with Gasteiger partial charge in [0.1, 0.15) is 0 Å². The first-order valence-electron chi connectivity index (χ1n) is 5.59. The predicted octanol–water partition coefficient (Wildman–Crippen LogP) is 4.04. The zero-order valence-electron chi connectivity index (χ0n) is 10.0. The summed E-state index contributed by atoms with van der Waals surface area (Å²) in [7, 11) is 1.40. The summed E-state index contributed by atoms with van der Waals surface area (Å²) < 4.78 is 4.88. The van der Waals surface area contributed by atoms with Crippen molar-refractivity contribution in [2.45, 2.75) is 5.33 Å². The van der Waals surface area contributed by atoms with Crippen LogP contribution >= 0.6 is 15.9 Å². The Morgan fingerprint density at radius 1 is 1.11 bits per heavy atom. The molecule has 2 rings (SSSR count). The van der Waals surface area contributed by atoms with Gasteiger partial charge in [-0.1, -0.05) is 64.5 Å². The van der Waals surface area contributed by atoms with Gasteiger partial charge in [0.25, 0.3) is 0 Å². The average molecular weight is 305 g/mol. The van der Waals surface area contributed by atoms with Crippen molar-refractivity contribution in [1.82, 2.24) is 0 Å². The molecule has 0 amide bonds. The summed E-state index contributed by atoms with van der Waals surface area (Å²) in [6.07, 6.45) is 0. The van der Waals surface area contributed by atoms with E-state index >= 15 is 0 Å². The Kier molecular flexibility index (Phi) is 4.15. The largest absolute Gasteiger partial charge is 0.465 e. The molecule has 2 aromatic carbocycles. The first-order valence-corrected chi connectivity index (χ1v) is 6.71. The second-order valence-corrected chi connectivity index (χ2v) is 4.39. The lowest BCUT2D eigenvalue weighted by atomic mass is 9.96. The Morgan fingerprint density at radius 2 is 1.83 bits per heavy atom. The van der Waals surface area contributed by atoms with Crippen molar-refractivity contribution in [2.24, 2.45) is 0 Å². The van der Waals surface area contributed by atoms with E-state index in [4.69, 9.17) is 4.74 Å². The third-order valence-corrected chi connectivity index (χ3v) is 3.37. The number of halogens is 1. The fourth-order valence-electron chi connectivity index (χ4n) is 1.91. The molecule has 0 saturated heterocycles. The molecule has 0 unspecified atom stereocenters. The predicted molar refractivity (Wildman–Crippen MR) is 75.8 cm³/mol. The molecule has 0 N–H and O–H groups in total. The second-order valence-electron chi connectivity index (χ2n) is 3.83. The van der Waals surface area contributed by atoms with Gasteiger partial charge in [0.2, 0.25) is 0 Å². The third kappa shape index (κ3) is 2.46. The maximum absolute atomic E-state index is 11.9. The average Bonchev–Trinajstić information content (AvgIpc) is 2.46. The van der Waals surface area contributed by atoms with Crippen LogP contribution in [0.2, 0.25) is 0 Å². The molecule has 0 bridgehead atoms. The minimum Gasteiger partial charge on any atom is -0.465 e. The lowest BCUT2D eigenvalue weighted by Gasteiger charge is -2.11. The molecule has 0 aromatic heterocycles. The Labute approximate surface area is 115 Å². The van der Waals surface area contributed by atoms with Gasteiger partial charge in [0.15, 0.2) is 0 Å². The highest BCUT2D eigenvalue weighted by Crippen LogP contribution is 2.28. The summed E-state index contributed by atoms with van der Waals surface area (Å²) in [4.78, 5) is 11.9. The van der Waals surface area contributed by atoms with Crippen LogP contribution in [0.5, 0.6) is 0 Å². The van der Waals surface area contributed by atoms with Gasteiger partial charge in [-0.2, -0.15) is 0 Å². The van der Waals surface area contributed by atoms with E-state index in [9.17, 15) is 4.79 Å². The van der Waals surface area contributed by atoms with Crippen LogP contribution in [0.1, 0.15) is 15.9 Å². The van der Waals surface area contributed by atoms with Gasteiger partial charge in [-0.3, -0.25) is 0 Å². The normalized spacial score (nSPS) is 10.1. The molecule has 0 atom stereocenters. The molecule has 3 heteroatoms. The fourth-order valence-corrected chi connectivity index (χ4v) is 2.38. The van der Waals surface area contributed by atoms with Crippen LogP contribution in [0.3, 0.4) is 0 Å². The fraction of sp³-hybridized carbons (Fsp3) is 0.133. The number of ether oxygens (including phenoxy) is 1. The summed E-state index contributed by atoms with van der Waals surface area (Å²) >= 11 is 3.40. The third-order valence-electron chi connectivity index (χ3n) is 2.77. The van der Waals surface area contributed by atoms with Gasteiger partial charge in [-0.05, 0) is 16.7 Å². The van der Waals surface area contributed by atoms with E-state index in [1.54, 1.807) is 0 Å². The van der Waals surface area contributed by atoms with Crippen LogP contribution < -0.4 is 0 Å². The van der Waals surface area contributed by atoms with Crippen LogP contribution in [-0.2, 0) is 10.1 Å². The van der Waals surface area contributed by atoms with Crippen molar-refractivity contribution in [2.75, 3.05) is 7.11 Å². The number of benzene rings is 2. The lowest BCUT2D eigenvalue weighted by Crippen LogP contribution is -2.07. The molecular weight excluding hydrogens is 292 g/mol. The summed E-state index contributed by atoms with van der Waals surface area (Å²) in [5, 5.41) is 0.623. The van der Waals surface area contributed by atoms with Gasteiger partial charge >= 0.3 is 5.97 Å². The first kappa shape index (κ1) is 12.8. The van der Waals surface area contributed by atoms with Crippen molar-refractivity contribution in [3.05, 3.63) is 59.7 Å². The van der Waals surface area contributed by atoms with Gasteiger partial charge in [0, 0.05) is 5.33 Å². The van der Waals surface area contributed by atoms with E-state index in [-0.39, 0.29) is 5.97 Å². The minimum absolute atomic E-state index is 0.302. The number of carbonyl (C=O) groups excluding carboxylic acids is 1. The minimum atomic E-state index is -0.302. The molecule has 92 valence electrons. The van der Waals surface area contributed by atoms with Gasteiger partial charge in [-0.15, -0.1) is 0 Å². The first-order chi connectivity index (χ1) is 8.77. The molecule has 18 heavy (non-hydrogen) atoms. The Bertz CT molecular complexity index is 550. The van der Waals surface area contributed by atoms with E-state index in [0.717, 1.165) is 16.7 Å². The Hall–Kier alpha value is -1.61. The van der Waals surface area contributed by atoms with Crippen LogP contribution in [-0.4, -0.2) is 13.1 Å². The van der Waals surface area contributed by atoms with Crippen molar-refractivity contribution in [1.29, 1.82) is 0 Å². The topological polar surface area (TPSA) is 26.3 Å². The number of methoxy groups -OCH3 is 1. The van der Waals surface area contributed by atoms with Gasteiger partial charge in [0.05, 0.1) is 12.7 Å². The van der Waals surface area contributed by atoms with Crippen molar-refractivity contribution in [3.63, 3.8) is 0 Å². The molecular formula is C15H13BrO2. The van der Waals surface area contributed by atoms with E-state index in [1.807, 2.05) is 48.5 Å². The van der Waals surface area contributed by atoms with Crippen molar-refractivity contribution in [3.8, 4) is 11.1 Å². The van der Waals surface area contributed by atoms with E-state index in [1.165, 1.54) is 7.11 Å². The molecule has 0 radical (unpaired) electrons. The number of alkyl halides is 1. The van der Waals surface area contributed by atoms with Crippen molar-refractivity contribution >= 4 is 21.9 Å². The second kappa shape index (κ2) is 5.83. The zero-order valence-corrected chi connectivity index (χ0v) is 11.6. The van der Waals surface area contributed by atoms with E-state index < -0.39 is 0 Å². The highest BCUT2D eigenvalue weighted by atomic mass is 79.9. The summed E-state index contributed by atoms with van der Waals surface area (Å²) in [5.74, 6) is -0.302. The van der Waals surface area contributed by atoms with Gasteiger partial charge < -0.3 is 4.74 Å². The molecule has 0 saturated carbocycles. The van der Waals surface area contributed by atoms with E-state index in [0.29, 0.717) is 10.9 Å².